The second-order valence-electron chi connectivity index (χ2n) is 7.57. The molecule has 20 heavy (non-hydrogen) atoms. The van der Waals surface area contributed by atoms with Crippen LogP contribution in [0.4, 0.5) is 4.79 Å². The van der Waals surface area contributed by atoms with Crippen LogP contribution in [0.2, 0.25) is 0 Å². The molecule has 1 spiro atoms. The van der Waals surface area contributed by atoms with Crippen LogP contribution in [0.1, 0.15) is 53.4 Å². The van der Waals surface area contributed by atoms with Crippen molar-refractivity contribution in [1.82, 2.24) is 10.2 Å². The van der Waals surface area contributed by atoms with E-state index in [-0.39, 0.29) is 22.8 Å². The molecule has 1 heterocycles. The number of carbonyl (C=O) groups excluding carboxylic acids is 3. The molecule has 5 heteroatoms. The summed E-state index contributed by atoms with van der Waals surface area (Å²) in [7, 11) is 0. The molecule has 0 aromatic carbocycles. The number of rotatable bonds is 1. The number of urea groups is 1. The summed E-state index contributed by atoms with van der Waals surface area (Å²) in [4.78, 5) is 38.6. The van der Waals surface area contributed by atoms with E-state index in [0.717, 1.165) is 12.8 Å². The molecule has 0 aromatic rings. The van der Waals surface area contributed by atoms with Crippen LogP contribution >= 0.6 is 0 Å². The average Bonchev–Trinajstić information content (AvgIpc) is 2.75. The Kier molecular flexibility index (Phi) is 2.46. The zero-order valence-corrected chi connectivity index (χ0v) is 12.6. The lowest BCUT2D eigenvalue weighted by Gasteiger charge is -2.38. The topological polar surface area (TPSA) is 66.5 Å². The molecular weight excluding hydrogens is 256 g/mol. The number of carbonyl (C=O) groups is 3. The maximum atomic E-state index is 12.9. The number of nitrogens with zero attached hydrogens (tertiary/aromatic N) is 1. The molecule has 4 amide bonds. The molecule has 0 unspecified atom stereocenters. The van der Waals surface area contributed by atoms with Gasteiger partial charge in [0.15, 0.2) is 0 Å². The normalized spacial score (nSPS) is 30.8. The summed E-state index contributed by atoms with van der Waals surface area (Å²) in [6.45, 7) is 8.26. The fourth-order valence-electron chi connectivity index (χ4n) is 4.16. The van der Waals surface area contributed by atoms with Crippen molar-refractivity contribution in [3.63, 3.8) is 0 Å². The molecule has 2 saturated carbocycles. The third-order valence-corrected chi connectivity index (χ3v) is 6.16. The van der Waals surface area contributed by atoms with Gasteiger partial charge in [0, 0.05) is 0 Å². The lowest BCUT2D eigenvalue weighted by molar-refractivity contribution is -0.152. The number of hydrogen-bond donors (Lipinski definition) is 1. The van der Waals surface area contributed by atoms with Crippen molar-refractivity contribution >= 4 is 17.8 Å². The van der Waals surface area contributed by atoms with Gasteiger partial charge in [0.05, 0.1) is 6.04 Å². The molecule has 0 radical (unpaired) electrons. The molecule has 0 atom stereocenters. The molecule has 3 fully saturated rings. The Labute approximate surface area is 119 Å². The van der Waals surface area contributed by atoms with Crippen LogP contribution in [-0.4, -0.2) is 28.8 Å². The van der Waals surface area contributed by atoms with E-state index in [9.17, 15) is 14.4 Å². The number of nitrogens with one attached hydrogen (secondary N) is 1. The van der Waals surface area contributed by atoms with Gasteiger partial charge in [-0.15, -0.1) is 0 Å². The highest BCUT2D eigenvalue weighted by atomic mass is 16.2. The van der Waals surface area contributed by atoms with E-state index in [1.165, 1.54) is 4.90 Å². The predicted octanol–water partition coefficient (Wildman–Crippen LogP) is 2.06. The Morgan fingerprint density at radius 2 is 1.50 bits per heavy atom. The molecule has 0 bridgehead atoms. The largest absolute Gasteiger partial charge is 0.331 e. The summed E-state index contributed by atoms with van der Waals surface area (Å²) in [5.74, 6) is -0.662. The van der Waals surface area contributed by atoms with E-state index >= 15 is 0 Å². The Bertz CT molecular complexity index is 501. The van der Waals surface area contributed by atoms with Crippen molar-refractivity contribution in [3.8, 4) is 0 Å². The lowest BCUT2D eigenvalue weighted by Crippen LogP contribution is -2.64. The zero-order chi connectivity index (χ0) is 14.9. The van der Waals surface area contributed by atoms with Crippen LogP contribution < -0.4 is 5.32 Å². The van der Waals surface area contributed by atoms with Crippen molar-refractivity contribution in [1.29, 1.82) is 0 Å². The molecule has 5 nitrogen and oxygen atoms in total. The average molecular weight is 278 g/mol. The summed E-state index contributed by atoms with van der Waals surface area (Å²) < 4.78 is 0. The molecule has 110 valence electrons. The first-order valence-electron chi connectivity index (χ1n) is 7.35. The standard InChI is InChI=1S/C15H22N2O3/c1-13(2)9(14(13,3)4)17-11(19)15(7-5-6-8-15)10(18)16-12(17)20/h9H,5-8H2,1-4H3,(H,16,18,20). The second-order valence-corrected chi connectivity index (χ2v) is 7.57. The zero-order valence-electron chi connectivity index (χ0n) is 12.6. The number of imide groups is 2. The van der Waals surface area contributed by atoms with Crippen molar-refractivity contribution < 1.29 is 14.4 Å². The van der Waals surface area contributed by atoms with Crippen LogP contribution in [-0.2, 0) is 9.59 Å². The van der Waals surface area contributed by atoms with Crippen LogP contribution in [0.25, 0.3) is 0 Å². The second kappa shape index (κ2) is 3.62. The van der Waals surface area contributed by atoms with E-state index in [2.05, 4.69) is 33.0 Å². The van der Waals surface area contributed by atoms with E-state index in [1.807, 2.05) is 0 Å². The molecule has 3 aliphatic rings. The fraction of sp³-hybridized carbons (Fsp3) is 0.800. The highest BCUT2D eigenvalue weighted by Gasteiger charge is 2.72. The third kappa shape index (κ3) is 1.36. The van der Waals surface area contributed by atoms with Gasteiger partial charge in [-0.1, -0.05) is 40.5 Å². The van der Waals surface area contributed by atoms with Gasteiger partial charge in [-0.05, 0) is 23.7 Å². The summed E-state index contributed by atoms with van der Waals surface area (Å²) in [6.07, 6.45) is 2.88. The van der Waals surface area contributed by atoms with Gasteiger partial charge in [-0.2, -0.15) is 0 Å². The first-order chi connectivity index (χ1) is 9.16. The van der Waals surface area contributed by atoms with Crippen molar-refractivity contribution in [3.05, 3.63) is 0 Å². The van der Waals surface area contributed by atoms with Gasteiger partial charge < -0.3 is 0 Å². The quantitative estimate of drug-likeness (QED) is 0.747. The van der Waals surface area contributed by atoms with Gasteiger partial charge in [0.2, 0.25) is 11.8 Å². The fourth-order valence-corrected chi connectivity index (χ4v) is 4.16. The van der Waals surface area contributed by atoms with Gasteiger partial charge >= 0.3 is 6.03 Å². The maximum absolute atomic E-state index is 12.9. The van der Waals surface area contributed by atoms with E-state index < -0.39 is 17.4 Å². The van der Waals surface area contributed by atoms with Crippen LogP contribution in [0, 0.1) is 16.2 Å². The first-order valence-corrected chi connectivity index (χ1v) is 7.35. The highest BCUT2D eigenvalue weighted by molar-refractivity contribution is 6.19. The van der Waals surface area contributed by atoms with Crippen molar-refractivity contribution in [2.45, 2.75) is 59.4 Å². The molecule has 1 saturated heterocycles. The van der Waals surface area contributed by atoms with Gasteiger partial charge in [-0.3, -0.25) is 19.8 Å². The summed E-state index contributed by atoms with van der Waals surface area (Å²) >= 11 is 0. The van der Waals surface area contributed by atoms with Crippen molar-refractivity contribution in [2.24, 2.45) is 16.2 Å². The SMILES string of the molecule is CC1(C)C(N2C(=O)NC(=O)C3(CCCC3)C2=O)C1(C)C. The lowest BCUT2D eigenvalue weighted by atomic mass is 9.82. The molecular formula is C15H22N2O3. The maximum Gasteiger partial charge on any atom is 0.331 e. The Balaban J connectivity index is 1.98. The molecule has 1 aliphatic heterocycles. The monoisotopic (exact) mass is 278 g/mol. The Morgan fingerprint density at radius 1 is 1.00 bits per heavy atom. The molecule has 0 aromatic heterocycles. The van der Waals surface area contributed by atoms with E-state index in [1.54, 1.807) is 0 Å². The number of amides is 4. The van der Waals surface area contributed by atoms with Crippen molar-refractivity contribution in [2.75, 3.05) is 0 Å². The predicted molar refractivity (Wildman–Crippen MR) is 72.6 cm³/mol. The summed E-state index contributed by atoms with van der Waals surface area (Å²) in [6, 6.07) is -0.672. The Hall–Kier alpha value is -1.39. The van der Waals surface area contributed by atoms with Crippen LogP contribution in [0.5, 0.6) is 0 Å². The molecule has 3 rings (SSSR count). The van der Waals surface area contributed by atoms with E-state index in [4.69, 9.17) is 0 Å². The summed E-state index contributed by atoms with van der Waals surface area (Å²) in [5.41, 5.74) is -1.21. The van der Waals surface area contributed by atoms with Gasteiger partial charge in [0.25, 0.3) is 0 Å². The number of barbiturate groups is 1. The van der Waals surface area contributed by atoms with Gasteiger partial charge in [-0.25, -0.2) is 4.79 Å². The number of hydrogen-bond acceptors (Lipinski definition) is 3. The smallest absolute Gasteiger partial charge is 0.277 e. The van der Waals surface area contributed by atoms with Gasteiger partial charge in [0.1, 0.15) is 5.41 Å². The minimum absolute atomic E-state index is 0.111. The molecule has 1 N–H and O–H groups in total. The Morgan fingerprint density at radius 3 is 1.95 bits per heavy atom. The summed E-state index contributed by atoms with van der Waals surface area (Å²) in [5, 5.41) is 2.42. The minimum atomic E-state index is -0.983. The molecule has 2 aliphatic carbocycles. The van der Waals surface area contributed by atoms with Crippen LogP contribution in [0.15, 0.2) is 0 Å². The minimum Gasteiger partial charge on any atom is -0.277 e. The highest BCUT2D eigenvalue weighted by Crippen LogP contribution is 2.66. The van der Waals surface area contributed by atoms with E-state index in [0.29, 0.717) is 12.8 Å². The first kappa shape index (κ1) is 13.6. The van der Waals surface area contributed by atoms with Crippen LogP contribution in [0.3, 0.4) is 0 Å². The third-order valence-electron chi connectivity index (χ3n) is 6.16.